The first-order chi connectivity index (χ1) is 10.3. The number of amides is 1. The molecule has 0 unspecified atom stereocenters. The zero-order valence-corrected chi connectivity index (χ0v) is 12.5. The van der Waals surface area contributed by atoms with E-state index in [1.807, 2.05) is 6.07 Å². The summed E-state index contributed by atoms with van der Waals surface area (Å²) in [6.45, 7) is 0.954. The fraction of sp³-hybridized carbons (Fsp3) is 0.588. The van der Waals surface area contributed by atoms with Crippen LogP contribution in [0.5, 0.6) is 0 Å². The molecular weight excluding hydrogens is 266 g/mol. The first-order valence-electron chi connectivity index (χ1n) is 7.71. The average Bonchev–Trinajstić information content (AvgIpc) is 2.89. The lowest BCUT2D eigenvalue weighted by atomic mass is 9.86. The highest BCUT2D eigenvalue weighted by molar-refractivity contribution is 5.77. The molecule has 1 aromatic carbocycles. The molecule has 1 aromatic rings. The van der Waals surface area contributed by atoms with Crippen molar-refractivity contribution in [1.82, 2.24) is 5.32 Å². The molecule has 1 aliphatic heterocycles. The molecule has 21 heavy (non-hydrogen) atoms. The van der Waals surface area contributed by atoms with Gasteiger partial charge in [0.1, 0.15) is 6.61 Å². The number of nitrogens with one attached hydrogen (secondary N) is 1. The van der Waals surface area contributed by atoms with E-state index in [0.717, 1.165) is 25.9 Å². The van der Waals surface area contributed by atoms with Gasteiger partial charge in [-0.05, 0) is 36.7 Å². The summed E-state index contributed by atoms with van der Waals surface area (Å²) in [5.74, 6) is 1.22. The van der Waals surface area contributed by atoms with Gasteiger partial charge in [0.25, 0.3) is 0 Å². The zero-order chi connectivity index (χ0) is 14.7. The molecule has 114 valence electrons. The standard InChI is InChI=1S/C17H23NO3/c1-20-11-17(19)18-15-7-13-9-16(21-10-14(13)8-15)12-5-3-2-4-6-12/h2-6,13-16H,7-11H2,1H3,(H,18,19)/t13-,14+,15-,16-/m0/s1. The summed E-state index contributed by atoms with van der Waals surface area (Å²) in [6.07, 6.45) is 3.36. The second kappa shape index (κ2) is 6.58. The van der Waals surface area contributed by atoms with Gasteiger partial charge in [-0.2, -0.15) is 0 Å². The SMILES string of the molecule is COCC(=O)N[C@@H]1C[C@@H]2CO[C@H](c3ccccc3)C[C@@H]2C1. The molecule has 4 heteroatoms. The molecule has 2 aliphatic rings. The van der Waals surface area contributed by atoms with Gasteiger partial charge in [0.05, 0.1) is 12.7 Å². The molecule has 1 saturated carbocycles. The minimum Gasteiger partial charge on any atom is -0.375 e. The summed E-state index contributed by atoms with van der Waals surface area (Å²) >= 11 is 0. The maximum atomic E-state index is 11.6. The number of fused-ring (bicyclic) bond motifs is 1. The Morgan fingerprint density at radius 2 is 2.00 bits per heavy atom. The molecule has 1 N–H and O–H groups in total. The second-order valence-electron chi connectivity index (χ2n) is 6.16. The summed E-state index contributed by atoms with van der Waals surface area (Å²) in [6, 6.07) is 10.7. The van der Waals surface area contributed by atoms with Crippen molar-refractivity contribution in [2.75, 3.05) is 20.3 Å². The molecule has 4 nitrogen and oxygen atoms in total. The van der Waals surface area contributed by atoms with Gasteiger partial charge in [0.15, 0.2) is 0 Å². The Bertz CT molecular complexity index is 476. The molecule has 0 aromatic heterocycles. The van der Waals surface area contributed by atoms with Crippen LogP contribution in [-0.4, -0.2) is 32.3 Å². The molecule has 4 atom stereocenters. The van der Waals surface area contributed by atoms with Crippen molar-refractivity contribution in [2.24, 2.45) is 11.8 Å². The largest absolute Gasteiger partial charge is 0.375 e. The normalized spacial score (nSPS) is 31.7. The lowest BCUT2D eigenvalue weighted by Gasteiger charge is -2.32. The molecule has 1 aliphatic carbocycles. The molecule has 1 saturated heterocycles. The van der Waals surface area contributed by atoms with E-state index in [1.165, 1.54) is 5.56 Å². The van der Waals surface area contributed by atoms with E-state index in [9.17, 15) is 4.79 Å². The van der Waals surface area contributed by atoms with Crippen LogP contribution in [0.1, 0.15) is 30.9 Å². The fourth-order valence-corrected chi connectivity index (χ4v) is 3.71. The van der Waals surface area contributed by atoms with Crippen LogP contribution in [0.3, 0.4) is 0 Å². The molecule has 0 radical (unpaired) electrons. The van der Waals surface area contributed by atoms with Crippen molar-refractivity contribution in [3.05, 3.63) is 35.9 Å². The average molecular weight is 289 g/mol. The Morgan fingerprint density at radius 3 is 2.76 bits per heavy atom. The monoisotopic (exact) mass is 289 g/mol. The molecule has 3 rings (SSSR count). The van der Waals surface area contributed by atoms with Crippen LogP contribution in [0.15, 0.2) is 30.3 Å². The van der Waals surface area contributed by atoms with Gasteiger partial charge < -0.3 is 14.8 Å². The number of methoxy groups -OCH3 is 1. The van der Waals surface area contributed by atoms with Crippen molar-refractivity contribution in [1.29, 1.82) is 0 Å². The molecule has 0 spiro atoms. The van der Waals surface area contributed by atoms with Crippen molar-refractivity contribution in [3.8, 4) is 0 Å². The van der Waals surface area contributed by atoms with E-state index in [4.69, 9.17) is 9.47 Å². The third kappa shape index (κ3) is 3.44. The Hall–Kier alpha value is -1.39. The predicted molar refractivity (Wildman–Crippen MR) is 79.8 cm³/mol. The minimum absolute atomic E-state index is 0.0123. The number of carbonyl (C=O) groups is 1. The van der Waals surface area contributed by atoms with Crippen LogP contribution in [0, 0.1) is 11.8 Å². The highest BCUT2D eigenvalue weighted by atomic mass is 16.5. The molecule has 1 amide bonds. The Labute approximate surface area is 125 Å². The van der Waals surface area contributed by atoms with Crippen molar-refractivity contribution < 1.29 is 14.3 Å². The summed E-state index contributed by atoms with van der Waals surface area (Å²) in [5.41, 5.74) is 1.27. The van der Waals surface area contributed by atoms with Crippen LogP contribution in [0.2, 0.25) is 0 Å². The molecule has 0 bridgehead atoms. The summed E-state index contributed by atoms with van der Waals surface area (Å²) in [4.78, 5) is 11.6. The zero-order valence-electron chi connectivity index (χ0n) is 12.5. The summed E-state index contributed by atoms with van der Waals surface area (Å²) in [5, 5.41) is 3.07. The number of benzene rings is 1. The number of carbonyl (C=O) groups excluding carboxylic acids is 1. The van der Waals surface area contributed by atoms with Gasteiger partial charge in [-0.25, -0.2) is 0 Å². The number of rotatable bonds is 4. The van der Waals surface area contributed by atoms with Gasteiger partial charge in [-0.1, -0.05) is 30.3 Å². The van der Waals surface area contributed by atoms with E-state index in [0.29, 0.717) is 11.8 Å². The van der Waals surface area contributed by atoms with Crippen molar-refractivity contribution in [3.63, 3.8) is 0 Å². The Balaban J connectivity index is 1.56. The smallest absolute Gasteiger partial charge is 0.246 e. The summed E-state index contributed by atoms with van der Waals surface area (Å²) in [7, 11) is 1.55. The van der Waals surface area contributed by atoms with Gasteiger partial charge in [-0.15, -0.1) is 0 Å². The van der Waals surface area contributed by atoms with E-state index < -0.39 is 0 Å². The van der Waals surface area contributed by atoms with E-state index in [-0.39, 0.29) is 24.7 Å². The second-order valence-corrected chi connectivity index (χ2v) is 6.16. The maximum absolute atomic E-state index is 11.6. The Morgan fingerprint density at radius 1 is 1.24 bits per heavy atom. The van der Waals surface area contributed by atoms with E-state index in [2.05, 4.69) is 29.6 Å². The topological polar surface area (TPSA) is 47.6 Å². The highest BCUT2D eigenvalue weighted by Gasteiger charge is 2.40. The van der Waals surface area contributed by atoms with Crippen LogP contribution < -0.4 is 5.32 Å². The highest BCUT2D eigenvalue weighted by Crippen LogP contribution is 2.43. The third-order valence-corrected chi connectivity index (χ3v) is 4.68. The molecular formula is C17H23NO3. The van der Waals surface area contributed by atoms with Gasteiger partial charge in [0.2, 0.25) is 5.91 Å². The van der Waals surface area contributed by atoms with E-state index >= 15 is 0 Å². The van der Waals surface area contributed by atoms with E-state index in [1.54, 1.807) is 7.11 Å². The summed E-state index contributed by atoms with van der Waals surface area (Å²) < 4.78 is 10.9. The van der Waals surface area contributed by atoms with Crippen LogP contribution in [0.4, 0.5) is 0 Å². The lowest BCUT2D eigenvalue weighted by molar-refractivity contribution is -0.125. The third-order valence-electron chi connectivity index (χ3n) is 4.68. The first kappa shape index (κ1) is 14.5. The van der Waals surface area contributed by atoms with Gasteiger partial charge >= 0.3 is 0 Å². The van der Waals surface area contributed by atoms with Gasteiger partial charge in [0, 0.05) is 13.2 Å². The van der Waals surface area contributed by atoms with Gasteiger partial charge in [-0.3, -0.25) is 4.79 Å². The van der Waals surface area contributed by atoms with Crippen molar-refractivity contribution >= 4 is 5.91 Å². The van der Waals surface area contributed by atoms with Crippen LogP contribution >= 0.6 is 0 Å². The minimum atomic E-state index is -0.0123. The maximum Gasteiger partial charge on any atom is 0.246 e. The number of hydrogen-bond acceptors (Lipinski definition) is 3. The number of ether oxygens (including phenoxy) is 2. The Kier molecular flexibility index (Phi) is 4.56. The van der Waals surface area contributed by atoms with Crippen LogP contribution in [0.25, 0.3) is 0 Å². The fourth-order valence-electron chi connectivity index (χ4n) is 3.71. The molecule has 2 fully saturated rings. The predicted octanol–water partition coefficient (Wildman–Crippen LogP) is 2.31. The van der Waals surface area contributed by atoms with Crippen LogP contribution in [-0.2, 0) is 14.3 Å². The number of hydrogen-bond donors (Lipinski definition) is 1. The quantitative estimate of drug-likeness (QED) is 0.925. The molecule has 1 heterocycles. The van der Waals surface area contributed by atoms with Crippen molar-refractivity contribution in [2.45, 2.75) is 31.4 Å². The first-order valence-corrected chi connectivity index (χ1v) is 7.71. The lowest BCUT2D eigenvalue weighted by Crippen LogP contribution is -2.35.